The molecule has 2 nitrogen and oxygen atoms in total. The van der Waals surface area contributed by atoms with E-state index in [-0.39, 0.29) is 0 Å². The Labute approximate surface area is 61.4 Å². The molecule has 0 spiro atoms. The van der Waals surface area contributed by atoms with Crippen molar-refractivity contribution >= 4 is 15.9 Å². The van der Waals surface area contributed by atoms with Gasteiger partial charge in [0.2, 0.25) is 0 Å². The molecule has 0 bridgehead atoms. The molecule has 0 aliphatic carbocycles. The van der Waals surface area contributed by atoms with E-state index in [0.29, 0.717) is 0 Å². The molecule has 0 amide bonds. The van der Waals surface area contributed by atoms with Crippen LogP contribution in [-0.2, 0) is 13.1 Å². The van der Waals surface area contributed by atoms with E-state index in [4.69, 9.17) is 4.42 Å². The van der Waals surface area contributed by atoms with Gasteiger partial charge in [-0.2, -0.15) is 0 Å². The minimum Gasteiger partial charge on any atom is -0.453 e. The van der Waals surface area contributed by atoms with Gasteiger partial charge in [-0.15, -0.1) is 0 Å². The van der Waals surface area contributed by atoms with Gasteiger partial charge in [-0.1, -0.05) is 0 Å². The Kier molecular flexibility index (Phi) is 1.13. The Morgan fingerprint density at radius 3 is 3.22 bits per heavy atom. The van der Waals surface area contributed by atoms with Crippen LogP contribution in [0.4, 0.5) is 0 Å². The minimum absolute atomic E-state index is 0.842. The van der Waals surface area contributed by atoms with Crippen LogP contribution in [0, 0.1) is 0 Å². The first-order chi connectivity index (χ1) is 4.36. The van der Waals surface area contributed by atoms with Crippen molar-refractivity contribution in [2.75, 3.05) is 0 Å². The second-order valence-electron chi connectivity index (χ2n) is 2.10. The molecule has 1 aliphatic rings. The third-order valence-corrected chi connectivity index (χ3v) is 1.86. The van der Waals surface area contributed by atoms with Crippen molar-refractivity contribution in [1.29, 1.82) is 0 Å². The van der Waals surface area contributed by atoms with Crippen LogP contribution in [0.15, 0.2) is 15.2 Å². The fraction of sp³-hybridized carbons (Fsp3) is 0.333. The third kappa shape index (κ3) is 0.804. The van der Waals surface area contributed by atoms with Gasteiger partial charge in [-0.3, -0.25) is 0 Å². The van der Waals surface area contributed by atoms with Crippen LogP contribution in [0.1, 0.15) is 11.3 Å². The Hall–Kier alpha value is -0.280. The molecule has 0 saturated heterocycles. The van der Waals surface area contributed by atoms with Crippen LogP contribution in [0.2, 0.25) is 0 Å². The molecule has 0 fully saturated rings. The molecule has 2 rings (SSSR count). The minimum atomic E-state index is 0.842. The molecule has 1 aliphatic heterocycles. The van der Waals surface area contributed by atoms with Crippen LogP contribution in [0.3, 0.4) is 0 Å². The van der Waals surface area contributed by atoms with Crippen molar-refractivity contribution in [3.05, 3.63) is 22.1 Å². The summed E-state index contributed by atoms with van der Waals surface area (Å²) in [5.74, 6) is 1.07. The van der Waals surface area contributed by atoms with Gasteiger partial charge in [0.05, 0.1) is 6.54 Å². The van der Waals surface area contributed by atoms with Gasteiger partial charge in [0.15, 0.2) is 4.67 Å². The number of fused-ring (bicyclic) bond motifs is 1. The van der Waals surface area contributed by atoms with Crippen molar-refractivity contribution < 1.29 is 4.42 Å². The Morgan fingerprint density at radius 2 is 2.44 bits per heavy atom. The summed E-state index contributed by atoms with van der Waals surface area (Å²) in [6.07, 6.45) is 0. The summed E-state index contributed by atoms with van der Waals surface area (Å²) in [7, 11) is 0. The van der Waals surface area contributed by atoms with E-state index in [2.05, 4.69) is 21.2 Å². The van der Waals surface area contributed by atoms with Crippen molar-refractivity contribution in [2.24, 2.45) is 0 Å². The highest BCUT2D eigenvalue weighted by atomic mass is 79.9. The molecule has 0 aromatic carbocycles. The summed E-state index contributed by atoms with van der Waals surface area (Å²) >= 11 is 3.26. The fourth-order valence-corrected chi connectivity index (χ4v) is 1.51. The highest BCUT2D eigenvalue weighted by Crippen LogP contribution is 2.23. The molecule has 1 aromatic rings. The maximum atomic E-state index is 5.28. The number of furan rings is 1. The zero-order chi connectivity index (χ0) is 6.27. The summed E-state index contributed by atoms with van der Waals surface area (Å²) in [5, 5.41) is 3.18. The SMILES string of the molecule is Brc1cc2c(o1)CNC2. The van der Waals surface area contributed by atoms with E-state index in [0.717, 1.165) is 23.5 Å². The summed E-state index contributed by atoms with van der Waals surface area (Å²) < 4.78 is 6.12. The molecule has 0 atom stereocenters. The molecule has 48 valence electrons. The molecular weight excluding hydrogens is 182 g/mol. The van der Waals surface area contributed by atoms with E-state index >= 15 is 0 Å². The lowest BCUT2D eigenvalue weighted by atomic mass is 10.3. The van der Waals surface area contributed by atoms with Crippen molar-refractivity contribution in [2.45, 2.75) is 13.1 Å². The summed E-state index contributed by atoms with van der Waals surface area (Å²) in [4.78, 5) is 0. The maximum Gasteiger partial charge on any atom is 0.169 e. The average Bonchev–Trinajstić information content (AvgIpc) is 2.22. The number of halogens is 1. The lowest BCUT2D eigenvalue weighted by Gasteiger charge is -1.84. The number of hydrogen-bond donors (Lipinski definition) is 1. The monoisotopic (exact) mass is 187 g/mol. The van der Waals surface area contributed by atoms with Crippen LogP contribution < -0.4 is 5.32 Å². The molecule has 1 N–H and O–H groups in total. The lowest BCUT2D eigenvalue weighted by molar-refractivity contribution is 0.484. The number of hydrogen-bond acceptors (Lipinski definition) is 2. The molecule has 2 heterocycles. The zero-order valence-corrected chi connectivity index (χ0v) is 6.36. The Bertz CT molecular complexity index is 209. The maximum absolute atomic E-state index is 5.28. The van der Waals surface area contributed by atoms with Crippen LogP contribution in [0.25, 0.3) is 0 Å². The van der Waals surface area contributed by atoms with Crippen LogP contribution >= 0.6 is 15.9 Å². The van der Waals surface area contributed by atoms with Crippen molar-refractivity contribution in [1.82, 2.24) is 5.32 Å². The van der Waals surface area contributed by atoms with E-state index in [1.807, 2.05) is 6.07 Å². The molecular formula is C6H6BrNO. The van der Waals surface area contributed by atoms with Gasteiger partial charge in [0.25, 0.3) is 0 Å². The van der Waals surface area contributed by atoms with E-state index in [9.17, 15) is 0 Å². The lowest BCUT2D eigenvalue weighted by Crippen LogP contribution is -2.00. The van der Waals surface area contributed by atoms with Gasteiger partial charge in [-0.25, -0.2) is 0 Å². The van der Waals surface area contributed by atoms with Gasteiger partial charge in [-0.05, 0) is 22.0 Å². The molecule has 0 radical (unpaired) electrons. The second kappa shape index (κ2) is 1.85. The standard InChI is InChI=1S/C6H6BrNO/c7-6-1-4-2-8-3-5(4)9-6/h1,8H,2-3H2. The first kappa shape index (κ1) is 5.50. The predicted octanol–water partition coefficient (Wildman–Crippen LogP) is 1.65. The first-order valence-corrected chi connectivity index (χ1v) is 3.63. The van der Waals surface area contributed by atoms with Crippen LogP contribution in [0.5, 0.6) is 0 Å². The summed E-state index contributed by atoms with van der Waals surface area (Å²) in [6, 6.07) is 2.01. The summed E-state index contributed by atoms with van der Waals surface area (Å²) in [6.45, 7) is 1.82. The van der Waals surface area contributed by atoms with Crippen LogP contribution in [-0.4, -0.2) is 0 Å². The van der Waals surface area contributed by atoms with Gasteiger partial charge >= 0.3 is 0 Å². The molecule has 0 unspecified atom stereocenters. The quantitative estimate of drug-likeness (QED) is 0.669. The Balaban J connectivity index is 2.51. The second-order valence-corrected chi connectivity index (χ2v) is 2.88. The van der Waals surface area contributed by atoms with Gasteiger partial charge in [0, 0.05) is 12.1 Å². The Morgan fingerprint density at radius 1 is 1.56 bits per heavy atom. The molecule has 9 heavy (non-hydrogen) atoms. The zero-order valence-electron chi connectivity index (χ0n) is 4.78. The highest BCUT2D eigenvalue weighted by Gasteiger charge is 2.14. The van der Waals surface area contributed by atoms with E-state index in [1.165, 1.54) is 5.56 Å². The largest absolute Gasteiger partial charge is 0.453 e. The van der Waals surface area contributed by atoms with Gasteiger partial charge in [0.1, 0.15) is 5.76 Å². The molecule has 3 heteroatoms. The average molecular weight is 188 g/mol. The van der Waals surface area contributed by atoms with E-state index < -0.39 is 0 Å². The fourth-order valence-electron chi connectivity index (χ4n) is 1.04. The first-order valence-electron chi connectivity index (χ1n) is 2.84. The summed E-state index contributed by atoms with van der Waals surface area (Å²) in [5.41, 5.74) is 1.28. The normalized spacial score (nSPS) is 16.1. The predicted molar refractivity (Wildman–Crippen MR) is 37.0 cm³/mol. The van der Waals surface area contributed by atoms with Crippen molar-refractivity contribution in [3.63, 3.8) is 0 Å². The smallest absolute Gasteiger partial charge is 0.169 e. The number of rotatable bonds is 0. The van der Waals surface area contributed by atoms with E-state index in [1.54, 1.807) is 0 Å². The third-order valence-electron chi connectivity index (χ3n) is 1.47. The number of nitrogens with one attached hydrogen (secondary N) is 1. The molecule has 1 aromatic heterocycles. The topological polar surface area (TPSA) is 25.2 Å². The highest BCUT2D eigenvalue weighted by molar-refractivity contribution is 9.10. The van der Waals surface area contributed by atoms with Crippen molar-refractivity contribution in [3.8, 4) is 0 Å². The molecule has 0 saturated carbocycles. The van der Waals surface area contributed by atoms with Gasteiger partial charge < -0.3 is 9.73 Å².